The normalized spacial score (nSPS) is 11.1. The van der Waals surface area contributed by atoms with E-state index >= 15 is 0 Å². The van der Waals surface area contributed by atoms with Crippen molar-refractivity contribution in [1.29, 1.82) is 0 Å². The summed E-state index contributed by atoms with van der Waals surface area (Å²) in [6.07, 6.45) is 1.40. The van der Waals surface area contributed by atoms with E-state index in [2.05, 4.69) is 15.3 Å². The second-order valence-electron chi connectivity index (χ2n) is 7.93. The zero-order valence-electron chi connectivity index (χ0n) is 19.3. The van der Waals surface area contributed by atoms with Gasteiger partial charge in [0.15, 0.2) is 11.6 Å². The van der Waals surface area contributed by atoms with Crippen LogP contribution in [0.25, 0.3) is 22.2 Å². The maximum Gasteiger partial charge on any atom is 0.339 e. The summed E-state index contributed by atoms with van der Waals surface area (Å²) in [5.41, 5.74) is 2.82. The van der Waals surface area contributed by atoms with E-state index in [0.29, 0.717) is 47.7 Å². The third kappa shape index (κ3) is 4.64. The molecule has 182 valence electrons. The molecule has 0 spiro atoms. The molecular formula is C25H23ClF2N4O3. The maximum atomic E-state index is 14.3. The number of aryl methyl sites for hydroxylation is 2. The van der Waals surface area contributed by atoms with Crippen LogP contribution < -0.4 is 10.1 Å². The maximum absolute atomic E-state index is 14.3. The van der Waals surface area contributed by atoms with Gasteiger partial charge in [0.25, 0.3) is 0 Å². The van der Waals surface area contributed by atoms with Crippen LogP contribution in [-0.2, 0) is 6.54 Å². The van der Waals surface area contributed by atoms with Crippen molar-refractivity contribution in [1.82, 2.24) is 14.5 Å². The molecule has 4 aromatic rings. The number of fused-ring (bicyclic) bond motifs is 1. The molecule has 0 unspecified atom stereocenters. The number of carbonyl (C=O) groups is 1. The second kappa shape index (κ2) is 9.87. The van der Waals surface area contributed by atoms with Crippen molar-refractivity contribution in [3.63, 3.8) is 0 Å². The number of aromatic carboxylic acids is 1. The van der Waals surface area contributed by atoms with Gasteiger partial charge in [-0.1, -0.05) is 17.7 Å². The average molecular weight is 501 g/mol. The molecule has 0 amide bonds. The van der Waals surface area contributed by atoms with E-state index in [1.54, 1.807) is 31.2 Å². The predicted molar refractivity (Wildman–Crippen MR) is 130 cm³/mol. The molecule has 0 aliphatic carbocycles. The summed E-state index contributed by atoms with van der Waals surface area (Å²) in [6, 6.07) is 8.29. The van der Waals surface area contributed by atoms with Gasteiger partial charge >= 0.3 is 5.97 Å². The lowest BCUT2D eigenvalue weighted by Gasteiger charge is -2.13. The van der Waals surface area contributed by atoms with Crippen LogP contribution in [0.15, 0.2) is 36.7 Å². The number of rotatable bonds is 8. The highest BCUT2D eigenvalue weighted by atomic mass is 35.5. The Kier molecular flexibility index (Phi) is 6.88. The summed E-state index contributed by atoms with van der Waals surface area (Å²) < 4.78 is 35.7. The minimum atomic E-state index is -1.07. The molecule has 0 radical (unpaired) electrons. The molecule has 0 saturated carbocycles. The van der Waals surface area contributed by atoms with E-state index in [1.807, 2.05) is 11.5 Å². The molecule has 2 aromatic heterocycles. The quantitative estimate of drug-likeness (QED) is 0.295. The Bertz CT molecular complexity index is 1440. The lowest BCUT2D eigenvalue weighted by Crippen LogP contribution is -2.13. The molecular weight excluding hydrogens is 478 g/mol. The number of aromatic nitrogens is 3. The lowest BCUT2D eigenvalue weighted by atomic mass is 10.1. The average Bonchev–Trinajstić information content (AvgIpc) is 3.18. The molecule has 0 atom stereocenters. The number of nitrogens with zero attached hydrogens (tertiary/aromatic N) is 3. The molecule has 2 N–H and O–H groups in total. The number of carboxylic acids is 1. The van der Waals surface area contributed by atoms with Crippen molar-refractivity contribution in [2.24, 2.45) is 0 Å². The molecule has 7 nitrogen and oxygen atoms in total. The fraction of sp³-hybridized carbons (Fsp3) is 0.240. The molecule has 4 rings (SSSR count). The number of anilines is 1. The first-order chi connectivity index (χ1) is 16.7. The van der Waals surface area contributed by atoms with Gasteiger partial charge in [-0.05, 0) is 44.5 Å². The highest BCUT2D eigenvalue weighted by Crippen LogP contribution is 2.34. The van der Waals surface area contributed by atoms with E-state index in [1.165, 1.54) is 19.3 Å². The van der Waals surface area contributed by atoms with Crippen LogP contribution in [0, 0.1) is 25.5 Å². The molecule has 35 heavy (non-hydrogen) atoms. The number of ether oxygens (including phenoxy) is 1. The standard InChI is InChI=1S/C25H23ClF2N4O3/c1-4-35-19-10-15(5-6-16(19)25(33)34)18-11-20(31-12-30-18)29-7-8-32-13(2)9-17-14(3)22(27)23(28)21(26)24(17)32/h5-6,9-12H,4,7-8H2,1-3H3,(H,33,34)(H,29,30,31). The Balaban J connectivity index is 1.55. The monoisotopic (exact) mass is 500 g/mol. The van der Waals surface area contributed by atoms with Gasteiger partial charge in [-0.15, -0.1) is 0 Å². The molecule has 2 heterocycles. The fourth-order valence-electron chi connectivity index (χ4n) is 4.01. The largest absolute Gasteiger partial charge is 0.493 e. The Morgan fingerprint density at radius 2 is 1.94 bits per heavy atom. The molecule has 0 fully saturated rings. The zero-order chi connectivity index (χ0) is 25.3. The van der Waals surface area contributed by atoms with Crippen molar-refractivity contribution < 1.29 is 23.4 Å². The van der Waals surface area contributed by atoms with Crippen LogP contribution in [0.3, 0.4) is 0 Å². The summed E-state index contributed by atoms with van der Waals surface area (Å²) in [7, 11) is 0. The summed E-state index contributed by atoms with van der Waals surface area (Å²) in [6.45, 7) is 6.35. The first-order valence-electron chi connectivity index (χ1n) is 10.9. The Labute approximate surface area is 205 Å². The van der Waals surface area contributed by atoms with Gasteiger partial charge in [-0.3, -0.25) is 0 Å². The highest BCUT2D eigenvalue weighted by molar-refractivity contribution is 6.35. The molecule has 0 aliphatic heterocycles. The van der Waals surface area contributed by atoms with Crippen LogP contribution >= 0.6 is 11.6 Å². The third-order valence-corrected chi connectivity index (χ3v) is 6.09. The van der Waals surface area contributed by atoms with Crippen LogP contribution in [0.4, 0.5) is 14.6 Å². The van der Waals surface area contributed by atoms with Crippen molar-refractivity contribution >= 4 is 34.3 Å². The number of hydrogen-bond donors (Lipinski definition) is 2. The lowest BCUT2D eigenvalue weighted by molar-refractivity contribution is 0.0692. The zero-order valence-corrected chi connectivity index (χ0v) is 20.1. The Morgan fingerprint density at radius 1 is 1.17 bits per heavy atom. The van der Waals surface area contributed by atoms with Crippen molar-refractivity contribution in [3.05, 3.63) is 70.1 Å². The molecule has 0 aliphatic rings. The molecule has 0 saturated heterocycles. The van der Waals surface area contributed by atoms with Gasteiger partial charge in [-0.25, -0.2) is 23.5 Å². The van der Waals surface area contributed by atoms with E-state index < -0.39 is 17.6 Å². The van der Waals surface area contributed by atoms with Crippen LogP contribution in [0.1, 0.15) is 28.5 Å². The number of halogens is 3. The van der Waals surface area contributed by atoms with E-state index in [4.69, 9.17) is 16.3 Å². The SMILES string of the molecule is CCOc1cc(-c2cc(NCCn3c(C)cc4c(C)c(F)c(F)c(Cl)c43)ncn2)ccc1C(=O)O. The van der Waals surface area contributed by atoms with E-state index in [9.17, 15) is 18.7 Å². The predicted octanol–water partition coefficient (Wildman–Crippen LogP) is 5.86. The minimum Gasteiger partial charge on any atom is -0.493 e. The van der Waals surface area contributed by atoms with Gasteiger partial charge in [-0.2, -0.15) is 0 Å². The fourth-order valence-corrected chi connectivity index (χ4v) is 4.30. The van der Waals surface area contributed by atoms with E-state index in [0.717, 1.165) is 5.69 Å². The van der Waals surface area contributed by atoms with Gasteiger partial charge in [0.1, 0.15) is 28.5 Å². The van der Waals surface area contributed by atoms with Crippen molar-refractivity contribution in [2.45, 2.75) is 27.3 Å². The van der Waals surface area contributed by atoms with E-state index in [-0.39, 0.29) is 21.9 Å². The van der Waals surface area contributed by atoms with Crippen molar-refractivity contribution in [3.8, 4) is 17.0 Å². The van der Waals surface area contributed by atoms with Gasteiger partial charge in [0.05, 0.1) is 17.8 Å². The summed E-state index contributed by atoms with van der Waals surface area (Å²) in [4.78, 5) is 20.0. The smallest absolute Gasteiger partial charge is 0.339 e. The Hall–Kier alpha value is -3.72. The van der Waals surface area contributed by atoms with Crippen LogP contribution in [0.5, 0.6) is 5.75 Å². The molecule has 2 aromatic carbocycles. The highest BCUT2D eigenvalue weighted by Gasteiger charge is 2.20. The number of hydrogen-bond acceptors (Lipinski definition) is 5. The van der Waals surface area contributed by atoms with Gasteiger partial charge < -0.3 is 19.7 Å². The van der Waals surface area contributed by atoms with Crippen molar-refractivity contribution in [2.75, 3.05) is 18.5 Å². The van der Waals surface area contributed by atoms with Crippen LogP contribution in [-0.4, -0.2) is 38.8 Å². The number of carboxylic acid groups (broad SMARTS) is 1. The second-order valence-corrected chi connectivity index (χ2v) is 8.31. The van der Waals surface area contributed by atoms with Crippen LogP contribution in [0.2, 0.25) is 5.02 Å². The summed E-state index contributed by atoms with van der Waals surface area (Å²) in [5, 5.41) is 12.9. The Morgan fingerprint density at radius 3 is 2.66 bits per heavy atom. The first kappa shape index (κ1) is 24.4. The van der Waals surface area contributed by atoms with Gasteiger partial charge in [0, 0.05) is 35.8 Å². The molecule has 10 heteroatoms. The first-order valence-corrected chi connectivity index (χ1v) is 11.3. The van der Waals surface area contributed by atoms with Gasteiger partial charge in [0.2, 0.25) is 0 Å². The minimum absolute atomic E-state index is 0.0718. The summed E-state index contributed by atoms with van der Waals surface area (Å²) >= 11 is 6.15. The summed E-state index contributed by atoms with van der Waals surface area (Å²) in [5.74, 6) is -2.25. The number of benzene rings is 2. The molecule has 0 bridgehead atoms. The third-order valence-electron chi connectivity index (χ3n) is 5.75. The topological polar surface area (TPSA) is 89.3 Å². The number of nitrogens with one attached hydrogen (secondary N) is 1.